The first-order valence-corrected chi connectivity index (χ1v) is 9.46. The summed E-state index contributed by atoms with van der Waals surface area (Å²) < 4.78 is 30.7. The van der Waals surface area contributed by atoms with E-state index in [0.29, 0.717) is 15.7 Å². The lowest BCUT2D eigenvalue weighted by molar-refractivity contribution is 0.0921. The maximum atomic E-state index is 12.9. The van der Waals surface area contributed by atoms with Crippen molar-refractivity contribution in [3.8, 4) is 0 Å². The van der Waals surface area contributed by atoms with Gasteiger partial charge in [-0.3, -0.25) is 9.00 Å². The van der Waals surface area contributed by atoms with Crippen LogP contribution in [0, 0.1) is 5.82 Å². The van der Waals surface area contributed by atoms with Crippen LogP contribution in [0.5, 0.6) is 0 Å². The van der Waals surface area contributed by atoms with Crippen molar-refractivity contribution in [2.45, 2.75) is 17.2 Å². The normalized spacial score (nSPS) is 11.9. The molecule has 1 heterocycles. The molecular weight excluding hydrogens is 377 g/mol. The van der Waals surface area contributed by atoms with Gasteiger partial charge in [0.15, 0.2) is 5.76 Å². The van der Waals surface area contributed by atoms with Crippen molar-refractivity contribution < 1.29 is 17.8 Å². The molecule has 0 radical (unpaired) electrons. The zero-order valence-electron chi connectivity index (χ0n) is 13.6. The summed E-state index contributed by atoms with van der Waals surface area (Å²) in [5.74, 6) is -0.0102. The summed E-state index contributed by atoms with van der Waals surface area (Å²) in [6.45, 7) is 0.254. The maximum absolute atomic E-state index is 12.9. The van der Waals surface area contributed by atoms with Crippen molar-refractivity contribution in [2.75, 3.05) is 0 Å². The van der Waals surface area contributed by atoms with Crippen LogP contribution in [-0.4, -0.2) is 10.1 Å². The van der Waals surface area contributed by atoms with E-state index in [1.165, 1.54) is 18.2 Å². The highest BCUT2D eigenvalue weighted by Gasteiger charge is 2.14. The number of furan rings is 1. The topological polar surface area (TPSA) is 59.3 Å². The van der Waals surface area contributed by atoms with Gasteiger partial charge in [0.2, 0.25) is 0 Å². The Bertz CT molecular complexity index is 940. The molecule has 1 N–H and O–H groups in total. The number of carbonyl (C=O) groups is 1. The predicted molar refractivity (Wildman–Crippen MR) is 97.8 cm³/mol. The lowest BCUT2D eigenvalue weighted by Gasteiger charge is -2.04. The number of hydrogen-bond donors (Lipinski definition) is 1. The van der Waals surface area contributed by atoms with E-state index in [9.17, 15) is 13.4 Å². The number of hydrogen-bond acceptors (Lipinski definition) is 3. The lowest BCUT2D eigenvalue weighted by atomic mass is 10.2. The maximum Gasteiger partial charge on any atom is 0.287 e. The van der Waals surface area contributed by atoms with E-state index in [1.807, 2.05) is 0 Å². The fourth-order valence-corrected chi connectivity index (χ4v) is 3.59. The second-order valence-electron chi connectivity index (χ2n) is 5.52. The average Bonchev–Trinajstić information content (AvgIpc) is 3.09. The fourth-order valence-electron chi connectivity index (χ4n) is 2.27. The highest BCUT2D eigenvalue weighted by molar-refractivity contribution is 7.84. The molecule has 0 saturated carbocycles. The largest absolute Gasteiger partial charge is 0.455 e. The number of benzene rings is 2. The summed E-state index contributed by atoms with van der Waals surface area (Å²) in [4.78, 5) is 12.7. The van der Waals surface area contributed by atoms with Gasteiger partial charge in [-0.15, -0.1) is 0 Å². The standard InChI is InChI=1S/C19H15ClFNO3S/c20-14-2-1-3-17(10-14)26(24)12-16-8-9-18(25-16)19(23)22-11-13-4-6-15(21)7-5-13/h1-10H,11-12H2,(H,22,23)/t26-/m1/s1. The van der Waals surface area contributed by atoms with Crippen LogP contribution in [0.3, 0.4) is 0 Å². The van der Waals surface area contributed by atoms with E-state index in [4.69, 9.17) is 16.0 Å². The van der Waals surface area contributed by atoms with E-state index in [0.717, 1.165) is 5.56 Å². The molecule has 0 unspecified atom stereocenters. The molecule has 7 heteroatoms. The number of amides is 1. The molecule has 1 atom stereocenters. The van der Waals surface area contributed by atoms with Crippen LogP contribution >= 0.6 is 11.6 Å². The molecule has 0 spiro atoms. The molecule has 0 bridgehead atoms. The third-order valence-electron chi connectivity index (χ3n) is 3.58. The molecule has 0 aliphatic heterocycles. The zero-order chi connectivity index (χ0) is 18.5. The Kier molecular flexibility index (Phi) is 5.85. The molecule has 134 valence electrons. The molecule has 1 aromatic heterocycles. The Morgan fingerprint density at radius 3 is 2.62 bits per heavy atom. The van der Waals surface area contributed by atoms with Gasteiger partial charge in [-0.25, -0.2) is 4.39 Å². The van der Waals surface area contributed by atoms with E-state index >= 15 is 0 Å². The Morgan fingerprint density at radius 1 is 1.12 bits per heavy atom. The van der Waals surface area contributed by atoms with Gasteiger partial charge in [0.25, 0.3) is 5.91 Å². The van der Waals surface area contributed by atoms with E-state index in [1.54, 1.807) is 42.5 Å². The van der Waals surface area contributed by atoms with Gasteiger partial charge in [-0.2, -0.15) is 0 Å². The SMILES string of the molecule is O=C(NCc1ccc(F)cc1)c1ccc(C[S@@](=O)c2cccc(Cl)c2)o1. The van der Waals surface area contributed by atoms with Crippen LogP contribution in [0.15, 0.2) is 70.0 Å². The van der Waals surface area contributed by atoms with Crippen LogP contribution < -0.4 is 5.32 Å². The second-order valence-corrected chi connectivity index (χ2v) is 7.41. The monoisotopic (exact) mass is 391 g/mol. The minimum absolute atomic E-state index is 0.130. The van der Waals surface area contributed by atoms with Gasteiger partial charge >= 0.3 is 0 Å². The smallest absolute Gasteiger partial charge is 0.287 e. The molecule has 0 fully saturated rings. The molecule has 0 saturated heterocycles. The number of carbonyl (C=O) groups excluding carboxylic acids is 1. The first kappa shape index (κ1) is 18.4. The van der Waals surface area contributed by atoms with Crippen LogP contribution in [0.1, 0.15) is 21.9 Å². The van der Waals surface area contributed by atoms with Crippen molar-refractivity contribution in [1.82, 2.24) is 5.32 Å². The zero-order valence-corrected chi connectivity index (χ0v) is 15.1. The van der Waals surface area contributed by atoms with E-state index in [2.05, 4.69) is 5.32 Å². The summed E-state index contributed by atoms with van der Waals surface area (Å²) >= 11 is 5.90. The van der Waals surface area contributed by atoms with Crippen molar-refractivity contribution in [2.24, 2.45) is 0 Å². The summed E-state index contributed by atoms with van der Waals surface area (Å²) in [6.07, 6.45) is 0. The molecular formula is C19H15ClFNO3S. The summed E-state index contributed by atoms with van der Waals surface area (Å²) in [5, 5.41) is 3.20. The average molecular weight is 392 g/mol. The highest BCUT2D eigenvalue weighted by Crippen LogP contribution is 2.18. The molecule has 0 aliphatic carbocycles. The number of halogens is 2. The Morgan fingerprint density at radius 2 is 1.88 bits per heavy atom. The van der Waals surface area contributed by atoms with Gasteiger partial charge in [-0.05, 0) is 48.0 Å². The Labute approximate surface area is 157 Å². The molecule has 26 heavy (non-hydrogen) atoms. The molecule has 3 aromatic rings. The fraction of sp³-hybridized carbons (Fsp3) is 0.105. The molecule has 2 aromatic carbocycles. The van der Waals surface area contributed by atoms with Crippen molar-refractivity contribution in [1.29, 1.82) is 0 Å². The molecule has 4 nitrogen and oxygen atoms in total. The van der Waals surface area contributed by atoms with Crippen LogP contribution in [0.2, 0.25) is 5.02 Å². The second kappa shape index (κ2) is 8.29. The Balaban J connectivity index is 1.59. The molecule has 1 amide bonds. The Hall–Kier alpha value is -2.44. The van der Waals surface area contributed by atoms with Crippen molar-refractivity contribution >= 4 is 28.3 Å². The van der Waals surface area contributed by atoms with Crippen LogP contribution in [0.25, 0.3) is 0 Å². The van der Waals surface area contributed by atoms with E-state index in [-0.39, 0.29) is 23.9 Å². The van der Waals surface area contributed by atoms with Crippen molar-refractivity contribution in [3.05, 3.63) is 88.6 Å². The van der Waals surface area contributed by atoms with E-state index < -0.39 is 16.7 Å². The van der Waals surface area contributed by atoms with Crippen molar-refractivity contribution in [3.63, 3.8) is 0 Å². The van der Waals surface area contributed by atoms with Gasteiger partial charge in [-0.1, -0.05) is 29.8 Å². The number of nitrogens with one attached hydrogen (secondary N) is 1. The van der Waals surface area contributed by atoms with Gasteiger partial charge in [0, 0.05) is 16.5 Å². The first-order chi connectivity index (χ1) is 12.5. The summed E-state index contributed by atoms with van der Waals surface area (Å²) in [7, 11) is -1.33. The molecule has 3 rings (SSSR count). The van der Waals surface area contributed by atoms with Gasteiger partial charge in [0.05, 0.1) is 16.6 Å². The molecule has 0 aliphatic rings. The third kappa shape index (κ3) is 4.80. The predicted octanol–water partition coefficient (Wildman–Crippen LogP) is 4.31. The summed E-state index contributed by atoms with van der Waals surface area (Å²) in [6, 6.07) is 15.8. The highest BCUT2D eigenvalue weighted by atomic mass is 35.5. The third-order valence-corrected chi connectivity index (χ3v) is 5.15. The quantitative estimate of drug-likeness (QED) is 0.681. The first-order valence-electron chi connectivity index (χ1n) is 7.76. The van der Waals surface area contributed by atoms with Gasteiger partial charge in [0.1, 0.15) is 11.6 Å². The minimum atomic E-state index is -1.33. The minimum Gasteiger partial charge on any atom is -0.455 e. The van der Waals surface area contributed by atoms with Gasteiger partial charge < -0.3 is 9.73 Å². The van der Waals surface area contributed by atoms with Crippen LogP contribution in [-0.2, 0) is 23.1 Å². The lowest BCUT2D eigenvalue weighted by Crippen LogP contribution is -2.22. The number of rotatable bonds is 6. The summed E-state index contributed by atoms with van der Waals surface area (Å²) in [5.41, 5.74) is 0.772. The van der Waals surface area contributed by atoms with Crippen LogP contribution in [0.4, 0.5) is 4.39 Å².